The molecule has 0 N–H and O–H groups in total. The highest BCUT2D eigenvalue weighted by Crippen LogP contribution is 2.39. The summed E-state index contributed by atoms with van der Waals surface area (Å²) in [4.78, 5) is 24.4. The normalized spacial score (nSPS) is 17.1. The van der Waals surface area contributed by atoms with E-state index in [2.05, 4.69) is 0 Å². The van der Waals surface area contributed by atoms with Crippen LogP contribution in [0, 0.1) is 5.82 Å². The number of β-lactam (4-membered cyclic amide) rings is 1. The molecular weight excluding hydrogens is 285 g/mol. The maximum absolute atomic E-state index is 13.0. The smallest absolute Gasteiger partial charge is 0.308 e. The number of carbonyl (C=O) groups excluding carboxylic acids is 2. The Morgan fingerprint density at radius 3 is 2.32 bits per heavy atom. The average molecular weight is 299 g/mol. The molecule has 1 heterocycles. The molecule has 1 aliphatic heterocycles. The summed E-state index contributed by atoms with van der Waals surface area (Å²) in [5.41, 5.74) is 1.62. The first kappa shape index (κ1) is 14.3. The minimum Gasteiger partial charge on any atom is -0.427 e. The van der Waals surface area contributed by atoms with Gasteiger partial charge >= 0.3 is 5.97 Å². The number of halogens is 1. The maximum Gasteiger partial charge on any atom is 0.308 e. The lowest BCUT2D eigenvalue weighted by Gasteiger charge is -2.40. The molecule has 5 heteroatoms. The lowest BCUT2D eigenvalue weighted by molar-refractivity contribution is -0.131. The van der Waals surface area contributed by atoms with Gasteiger partial charge in [-0.2, -0.15) is 0 Å². The van der Waals surface area contributed by atoms with Crippen LogP contribution in [0.3, 0.4) is 0 Å². The van der Waals surface area contributed by atoms with E-state index in [1.165, 1.54) is 19.1 Å². The first-order valence-corrected chi connectivity index (χ1v) is 6.90. The Morgan fingerprint density at radius 1 is 1.14 bits per heavy atom. The summed E-state index contributed by atoms with van der Waals surface area (Å²) in [6, 6.07) is 12.8. The standard InChI is InChI=1S/C17H14FNO3/c1-11(20)22-15-8-2-12(3-9-15)16-10-17(21)19(16)14-6-4-13(18)5-7-14/h2-9,16H,10H2,1H3. The van der Waals surface area contributed by atoms with Gasteiger partial charge in [-0.25, -0.2) is 4.39 Å². The van der Waals surface area contributed by atoms with E-state index in [1.807, 2.05) is 12.1 Å². The molecule has 0 radical (unpaired) electrons. The van der Waals surface area contributed by atoms with Crippen LogP contribution in [0.4, 0.5) is 10.1 Å². The van der Waals surface area contributed by atoms with Crippen LogP contribution in [0.5, 0.6) is 5.75 Å². The molecule has 1 amide bonds. The second kappa shape index (κ2) is 5.60. The van der Waals surface area contributed by atoms with E-state index in [4.69, 9.17) is 4.74 Å². The van der Waals surface area contributed by atoms with Crippen molar-refractivity contribution < 1.29 is 18.7 Å². The monoisotopic (exact) mass is 299 g/mol. The Balaban J connectivity index is 1.81. The number of rotatable bonds is 3. The number of nitrogens with zero attached hydrogens (tertiary/aromatic N) is 1. The van der Waals surface area contributed by atoms with Gasteiger partial charge in [-0.3, -0.25) is 9.59 Å². The number of benzene rings is 2. The van der Waals surface area contributed by atoms with Gasteiger partial charge in [0.25, 0.3) is 0 Å². The number of hydrogen-bond donors (Lipinski definition) is 0. The molecule has 0 aliphatic carbocycles. The Morgan fingerprint density at radius 2 is 1.77 bits per heavy atom. The van der Waals surface area contributed by atoms with Gasteiger partial charge in [0, 0.05) is 12.6 Å². The maximum atomic E-state index is 13.0. The molecule has 0 saturated carbocycles. The Labute approximate surface area is 127 Å². The minimum atomic E-state index is -0.375. The van der Waals surface area contributed by atoms with Crippen LogP contribution < -0.4 is 9.64 Å². The lowest BCUT2D eigenvalue weighted by Crippen LogP contribution is -2.46. The highest BCUT2D eigenvalue weighted by Gasteiger charge is 2.38. The van der Waals surface area contributed by atoms with Gasteiger partial charge in [-0.1, -0.05) is 12.1 Å². The lowest BCUT2D eigenvalue weighted by atomic mass is 9.93. The third kappa shape index (κ3) is 2.70. The zero-order valence-corrected chi connectivity index (χ0v) is 12.0. The molecule has 1 unspecified atom stereocenters. The summed E-state index contributed by atoms with van der Waals surface area (Å²) < 4.78 is 18.0. The van der Waals surface area contributed by atoms with Crippen molar-refractivity contribution in [1.82, 2.24) is 0 Å². The Bertz CT molecular complexity index is 710. The number of carbonyl (C=O) groups is 2. The third-order valence-corrected chi connectivity index (χ3v) is 3.58. The first-order valence-electron chi connectivity index (χ1n) is 6.90. The van der Waals surface area contributed by atoms with Gasteiger partial charge in [0.05, 0.1) is 12.5 Å². The van der Waals surface area contributed by atoms with E-state index in [-0.39, 0.29) is 23.7 Å². The van der Waals surface area contributed by atoms with Crippen molar-refractivity contribution in [3.8, 4) is 5.75 Å². The molecule has 22 heavy (non-hydrogen) atoms. The van der Waals surface area contributed by atoms with Crippen LogP contribution >= 0.6 is 0 Å². The van der Waals surface area contributed by atoms with E-state index >= 15 is 0 Å². The fourth-order valence-electron chi connectivity index (χ4n) is 2.53. The van der Waals surface area contributed by atoms with Gasteiger partial charge < -0.3 is 9.64 Å². The summed E-state index contributed by atoms with van der Waals surface area (Å²) >= 11 is 0. The molecule has 0 bridgehead atoms. The Kier molecular flexibility index (Phi) is 3.63. The zero-order chi connectivity index (χ0) is 15.7. The third-order valence-electron chi connectivity index (χ3n) is 3.58. The fourth-order valence-corrected chi connectivity index (χ4v) is 2.53. The van der Waals surface area contributed by atoms with Crippen molar-refractivity contribution >= 4 is 17.6 Å². The molecule has 112 valence electrons. The molecule has 1 aliphatic rings. The molecule has 4 nitrogen and oxygen atoms in total. The first-order chi connectivity index (χ1) is 10.5. The van der Waals surface area contributed by atoms with Crippen LogP contribution in [-0.2, 0) is 9.59 Å². The summed E-state index contributed by atoms with van der Waals surface area (Å²) in [7, 11) is 0. The number of hydrogen-bond acceptors (Lipinski definition) is 3. The van der Waals surface area contributed by atoms with Crippen molar-refractivity contribution in [1.29, 1.82) is 0 Å². The van der Waals surface area contributed by atoms with Gasteiger partial charge in [0.1, 0.15) is 11.6 Å². The molecular formula is C17H14FNO3. The molecule has 0 spiro atoms. The van der Waals surface area contributed by atoms with Gasteiger partial charge in [0.2, 0.25) is 5.91 Å². The minimum absolute atomic E-state index is 0.000621. The highest BCUT2D eigenvalue weighted by molar-refractivity contribution is 6.01. The van der Waals surface area contributed by atoms with E-state index < -0.39 is 0 Å². The van der Waals surface area contributed by atoms with Crippen molar-refractivity contribution in [3.05, 3.63) is 59.9 Å². The predicted octanol–water partition coefficient (Wildman–Crippen LogP) is 3.23. The molecule has 1 atom stereocenters. The Hall–Kier alpha value is -2.69. The molecule has 2 aromatic rings. The number of anilines is 1. The fraction of sp³-hybridized carbons (Fsp3) is 0.176. The van der Waals surface area contributed by atoms with Crippen molar-refractivity contribution in [2.24, 2.45) is 0 Å². The number of ether oxygens (including phenoxy) is 1. The molecule has 2 aromatic carbocycles. The topological polar surface area (TPSA) is 46.6 Å². The molecule has 1 saturated heterocycles. The van der Waals surface area contributed by atoms with Crippen molar-refractivity contribution in [2.75, 3.05) is 4.90 Å². The summed E-state index contributed by atoms with van der Waals surface area (Å²) in [5.74, 6) is -0.241. The van der Waals surface area contributed by atoms with E-state index in [9.17, 15) is 14.0 Å². The highest BCUT2D eigenvalue weighted by atomic mass is 19.1. The van der Waals surface area contributed by atoms with E-state index in [0.29, 0.717) is 17.9 Å². The van der Waals surface area contributed by atoms with Crippen LogP contribution in [0.2, 0.25) is 0 Å². The average Bonchev–Trinajstić information content (AvgIpc) is 2.47. The summed E-state index contributed by atoms with van der Waals surface area (Å²) in [5, 5.41) is 0. The van der Waals surface area contributed by atoms with Crippen LogP contribution in [-0.4, -0.2) is 11.9 Å². The summed E-state index contributed by atoms with van der Waals surface area (Å²) in [6.45, 7) is 1.34. The second-order valence-electron chi connectivity index (χ2n) is 5.12. The van der Waals surface area contributed by atoms with Crippen molar-refractivity contribution in [3.63, 3.8) is 0 Å². The molecule has 0 aromatic heterocycles. The van der Waals surface area contributed by atoms with E-state index in [0.717, 1.165) is 5.56 Å². The zero-order valence-electron chi connectivity index (χ0n) is 12.0. The predicted molar refractivity (Wildman–Crippen MR) is 79.0 cm³/mol. The van der Waals surface area contributed by atoms with Crippen LogP contribution in [0.15, 0.2) is 48.5 Å². The molecule has 1 fully saturated rings. The second-order valence-corrected chi connectivity index (χ2v) is 5.12. The van der Waals surface area contributed by atoms with E-state index in [1.54, 1.807) is 29.2 Å². The van der Waals surface area contributed by atoms with Crippen LogP contribution in [0.1, 0.15) is 24.9 Å². The van der Waals surface area contributed by atoms with Gasteiger partial charge in [0.15, 0.2) is 0 Å². The SMILES string of the molecule is CC(=O)Oc1ccc(C2CC(=O)N2c2ccc(F)cc2)cc1. The largest absolute Gasteiger partial charge is 0.427 e. The van der Waals surface area contributed by atoms with Crippen LogP contribution in [0.25, 0.3) is 0 Å². The molecule has 3 rings (SSSR count). The van der Waals surface area contributed by atoms with Crippen molar-refractivity contribution in [2.45, 2.75) is 19.4 Å². The number of esters is 1. The van der Waals surface area contributed by atoms with Gasteiger partial charge in [-0.15, -0.1) is 0 Å². The van der Waals surface area contributed by atoms with Gasteiger partial charge in [-0.05, 0) is 42.0 Å². The summed E-state index contributed by atoms with van der Waals surface area (Å²) in [6.07, 6.45) is 0.407. The number of amides is 1. The quantitative estimate of drug-likeness (QED) is 0.496.